The molecule has 4 rings (SSSR count). The van der Waals surface area contributed by atoms with Gasteiger partial charge in [-0.2, -0.15) is 0 Å². The Bertz CT molecular complexity index is 1050. The van der Waals surface area contributed by atoms with E-state index in [2.05, 4.69) is 29.5 Å². The molecule has 2 aromatic rings. The van der Waals surface area contributed by atoms with Gasteiger partial charge in [-0.05, 0) is 47.9 Å². The first-order valence-electron chi connectivity index (χ1n) is 9.52. The van der Waals surface area contributed by atoms with Crippen LogP contribution in [-0.2, 0) is 9.84 Å². The predicted octanol–water partition coefficient (Wildman–Crippen LogP) is 3.74. The summed E-state index contributed by atoms with van der Waals surface area (Å²) in [6, 6.07) is 14.9. The molecular weight excluding hydrogens is 406 g/mol. The fourth-order valence-electron chi connectivity index (χ4n) is 3.40. The molecule has 0 aliphatic carbocycles. The first kappa shape index (κ1) is 20.0. The lowest BCUT2D eigenvalue weighted by Gasteiger charge is -2.10. The van der Waals surface area contributed by atoms with Crippen LogP contribution in [0.25, 0.3) is 0 Å². The number of sulfone groups is 1. The number of carbonyl (C=O) groups excluding carboxylic acids is 1. The monoisotopic (exact) mass is 429 g/mol. The van der Waals surface area contributed by atoms with Gasteiger partial charge in [0.2, 0.25) is 0 Å². The Balaban J connectivity index is 1.36. The van der Waals surface area contributed by atoms with Crippen LogP contribution in [0, 0.1) is 0 Å². The Hall–Kier alpha value is -2.32. The minimum atomic E-state index is -2.95. The topological polar surface area (TPSA) is 87.6 Å². The quantitative estimate of drug-likeness (QED) is 0.773. The van der Waals surface area contributed by atoms with Crippen LogP contribution < -0.4 is 10.6 Å². The fourth-order valence-corrected chi connectivity index (χ4v) is 7.07. The molecule has 2 aromatic carbocycles. The Labute approximate surface area is 175 Å². The zero-order chi connectivity index (χ0) is 20.6. The van der Waals surface area contributed by atoms with Gasteiger partial charge in [-0.15, -0.1) is 0 Å². The summed E-state index contributed by atoms with van der Waals surface area (Å²) in [4.78, 5) is 16.9. The van der Waals surface area contributed by atoms with E-state index in [1.54, 1.807) is 12.1 Å². The van der Waals surface area contributed by atoms with Gasteiger partial charge in [0.05, 0.1) is 17.5 Å². The zero-order valence-corrected chi connectivity index (χ0v) is 17.9. The zero-order valence-electron chi connectivity index (χ0n) is 16.3. The molecule has 152 valence electrons. The molecule has 0 unspecified atom stereocenters. The minimum absolute atomic E-state index is 0.00892. The number of thioether (sulfide) groups is 1. The van der Waals surface area contributed by atoms with Crippen molar-refractivity contribution in [3.05, 3.63) is 59.7 Å². The van der Waals surface area contributed by atoms with E-state index in [1.807, 2.05) is 36.4 Å². The molecule has 0 radical (unpaired) electrons. The lowest BCUT2D eigenvalue weighted by atomic mass is 10.0. The number of rotatable bonds is 4. The molecule has 29 heavy (non-hydrogen) atoms. The van der Waals surface area contributed by atoms with Crippen LogP contribution in [-0.4, -0.2) is 42.3 Å². The van der Waals surface area contributed by atoms with E-state index in [9.17, 15) is 13.2 Å². The molecular formula is C21H23N3O3S2. The summed E-state index contributed by atoms with van der Waals surface area (Å²) in [6.07, 6.45) is 0. The van der Waals surface area contributed by atoms with Gasteiger partial charge in [0.15, 0.2) is 15.0 Å². The number of hydrogen-bond donors (Lipinski definition) is 2. The molecule has 0 saturated carbocycles. The summed E-state index contributed by atoms with van der Waals surface area (Å²) in [5.41, 5.74) is 3.37. The number of hydrogen-bond acceptors (Lipinski definition) is 6. The highest BCUT2D eigenvalue weighted by Crippen LogP contribution is 2.34. The summed E-state index contributed by atoms with van der Waals surface area (Å²) in [5.74, 6) is 0.606. The number of benzene rings is 2. The van der Waals surface area contributed by atoms with Crippen LogP contribution in [0.1, 0.15) is 35.7 Å². The Kier molecular flexibility index (Phi) is 5.40. The molecule has 1 amide bonds. The number of amides is 1. The number of nitrogens with one attached hydrogen (secondary N) is 2. The van der Waals surface area contributed by atoms with Gasteiger partial charge in [-0.3, -0.25) is 9.79 Å². The van der Waals surface area contributed by atoms with Crippen molar-refractivity contribution in [2.45, 2.75) is 31.1 Å². The third kappa shape index (κ3) is 4.64. The Morgan fingerprint density at radius 3 is 2.31 bits per heavy atom. The van der Waals surface area contributed by atoms with Gasteiger partial charge >= 0.3 is 0 Å². The second kappa shape index (κ2) is 7.84. The summed E-state index contributed by atoms with van der Waals surface area (Å²) in [7, 11) is -2.95. The summed E-state index contributed by atoms with van der Waals surface area (Å²) < 4.78 is 23.3. The molecule has 1 saturated heterocycles. The third-order valence-electron chi connectivity index (χ3n) is 5.05. The van der Waals surface area contributed by atoms with E-state index in [-0.39, 0.29) is 28.7 Å². The van der Waals surface area contributed by atoms with Gasteiger partial charge in [-0.25, -0.2) is 8.42 Å². The maximum atomic E-state index is 12.5. The van der Waals surface area contributed by atoms with Crippen LogP contribution >= 0.6 is 11.8 Å². The van der Waals surface area contributed by atoms with Crippen molar-refractivity contribution in [2.75, 3.05) is 22.1 Å². The van der Waals surface area contributed by atoms with Crippen molar-refractivity contribution in [1.29, 1.82) is 0 Å². The molecule has 2 atom stereocenters. The summed E-state index contributed by atoms with van der Waals surface area (Å²) in [6.45, 7) is 4.26. The van der Waals surface area contributed by atoms with Crippen LogP contribution in [0.2, 0.25) is 0 Å². The predicted molar refractivity (Wildman–Crippen MR) is 120 cm³/mol. The second-order valence-corrected chi connectivity index (χ2v) is 11.0. The Morgan fingerprint density at radius 2 is 1.69 bits per heavy atom. The van der Waals surface area contributed by atoms with Crippen LogP contribution in [0.3, 0.4) is 0 Å². The van der Waals surface area contributed by atoms with Crippen molar-refractivity contribution in [3.63, 3.8) is 0 Å². The van der Waals surface area contributed by atoms with Gasteiger partial charge in [-0.1, -0.05) is 37.7 Å². The summed E-state index contributed by atoms with van der Waals surface area (Å²) in [5, 5.41) is 6.87. The van der Waals surface area contributed by atoms with Crippen molar-refractivity contribution in [1.82, 2.24) is 0 Å². The molecule has 2 aliphatic rings. The number of fused-ring (bicyclic) bond motifs is 1. The van der Waals surface area contributed by atoms with Gasteiger partial charge in [0, 0.05) is 22.2 Å². The number of nitrogens with zero attached hydrogens (tertiary/aromatic N) is 1. The van der Waals surface area contributed by atoms with E-state index in [0.717, 1.165) is 16.5 Å². The van der Waals surface area contributed by atoms with Gasteiger partial charge in [0.1, 0.15) is 0 Å². The maximum absolute atomic E-state index is 12.5. The molecule has 2 heterocycles. The molecule has 0 bridgehead atoms. The number of carbonyl (C=O) groups is 1. The smallest absolute Gasteiger partial charge is 0.255 e. The molecule has 1 fully saturated rings. The van der Waals surface area contributed by atoms with Crippen molar-refractivity contribution in [3.8, 4) is 0 Å². The standard InChI is InChI=1S/C21H23N3O3S2/c1-13(2)14-3-7-16(8-4-14)22-20(25)15-5-9-17(10-6-15)23-21-24-18-11-29(26,27)12-19(18)28-21/h3-10,13,18-19H,11-12H2,1-2H3,(H,22,25)(H,23,24)/t18-,19+/m0/s1. The molecule has 8 heteroatoms. The number of aliphatic imine (C=N–C) groups is 1. The largest absolute Gasteiger partial charge is 0.335 e. The van der Waals surface area contributed by atoms with Crippen molar-refractivity contribution >= 4 is 44.0 Å². The lowest BCUT2D eigenvalue weighted by molar-refractivity contribution is 0.102. The second-order valence-electron chi connectivity index (χ2n) is 7.67. The number of amidine groups is 1. The highest BCUT2D eigenvalue weighted by atomic mass is 32.2. The highest BCUT2D eigenvalue weighted by Gasteiger charge is 2.42. The van der Waals surface area contributed by atoms with Crippen LogP contribution in [0.15, 0.2) is 53.5 Å². The molecule has 0 aromatic heterocycles. The first-order valence-corrected chi connectivity index (χ1v) is 12.2. The van der Waals surface area contributed by atoms with Crippen LogP contribution in [0.5, 0.6) is 0 Å². The molecule has 6 nitrogen and oxygen atoms in total. The average molecular weight is 430 g/mol. The maximum Gasteiger partial charge on any atom is 0.255 e. The minimum Gasteiger partial charge on any atom is -0.335 e. The normalized spacial score (nSPS) is 22.2. The van der Waals surface area contributed by atoms with Gasteiger partial charge in [0.25, 0.3) is 5.91 Å². The number of anilines is 2. The van der Waals surface area contributed by atoms with E-state index < -0.39 is 9.84 Å². The van der Waals surface area contributed by atoms with E-state index in [0.29, 0.717) is 11.5 Å². The first-order chi connectivity index (χ1) is 13.8. The molecule has 2 aliphatic heterocycles. The van der Waals surface area contributed by atoms with Crippen molar-refractivity contribution in [2.24, 2.45) is 4.99 Å². The van der Waals surface area contributed by atoms with E-state index in [1.165, 1.54) is 17.3 Å². The lowest BCUT2D eigenvalue weighted by Crippen LogP contribution is -2.13. The summed E-state index contributed by atoms with van der Waals surface area (Å²) >= 11 is 1.47. The third-order valence-corrected chi connectivity index (χ3v) is 8.19. The fraction of sp³-hybridized carbons (Fsp3) is 0.333. The molecule has 0 spiro atoms. The van der Waals surface area contributed by atoms with Crippen LogP contribution in [0.4, 0.5) is 11.4 Å². The SMILES string of the molecule is CC(C)c1ccc(NC(=O)c2ccc(NC3=N[C@H]4CS(=O)(=O)C[C@H]4S3)cc2)cc1. The van der Waals surface area contributed by atoms with E-state index in [4.69, 9.17) is 0 Å². The highest BCUT2D eigenvalue weighted by molar-refractivity contribution is 8.15. The van der Waals surface area contributed by atoms with E-state index >= 15 is 0 Å². The average Bonchev–Trinajstić information content (AvgIpc) is 3.15. The van der Waals surface area contributed by atoms with Crippen molar-refractivity contribution < 1.29 is 13.2 Å². The molecule has 2 N–H and O–H groups in total. The Morgan fingerprint density at radius 1 is 1.03 bits per heavy atom. The van der Waals surface area contributed by atoms with Gasteiger partial charge < -0.3 is 10.6 Å².